The molecule has 6 nitrogen and oxygen atoms in total. The topological polar surface area (TPSA) is 78.9 Å². The van der Waals surface area contributed by atoms with Gasteiger partial charge in [0.1, 0.15) is 13.2 Å². The highest BCUT2D eigenvalue weighted by Crippen LogP contribution is 2.14. The average molecular weight is 757 g/mol. The van der Waals surface area contributed by atoms with E-state index in [-0.39, 0.29) is 31.1 Å². The van der Waals surface area contributed by atoms with Crippen molar-refractivity contribution >= 4 is 17.9 Å². The third-order valence-electron chi connectivity index (χ3n) is 9.63. The molecule has 0 aliphatic carbocycles. The van der Waals surface area contributed by atoms with Gasteiger partial charge in [-0.1, -0.05) is 191 Å². The fourth-order valence-electron chi connectivity index (χ4n) is 6.19. The van der Waals surface area contributed by atoms with E-state index in [0.29, 0.717) is 19.3 Å². The normalized spacial score (nSPS) is 12.4. The van der Waals surface area contributed by atoms with Gasteiger partial charge in [-0.15, -0.1) is 0 Å². The van der Waals surface area contributed by atoms with E-state index < -0.39 is 6.10 Å². The molecule has 0 rings (SSSR count). The minimum Gasteiger partial charge on any atom is -0.462 e. The number of esters is 3. The first-order chi connectivity index (χ1) is 26.5. The van der Waals surface area contributed by atoms with Crippen molar-refractivity contribution in [3.05, 3.63) is 48.6 Å². The number of allylic oxidation sites excluding steroid dienone is 8. The van der Waals surface area contributed by atoms with Crippen molar-refractivity contribution in [1.29, 1.82) is 0 Å². The Morgan fingerprint density at radius 1 is 0.389 bits per heavy atom. The Labute approximate surface area is 333 Å². The van der Waals surface area contributed by atoms with E-state index in [1.54, 1.807) is 0 Å². The molecule has 0 aromatic heterocycles. The predicted octanol–water partition coefficient (Wildman–Crippen LogP) is 14.4. The molecule has 6 heteroatoms. The molecule has 0 aliphatic rings. The van der Waals surface area contributed by atoms with E-state index in [1.165, 1.54) is 77.0 Å². The summed E-state index contributed by atoms with van der Waals surface area (Å²) >= 11 is 0. The van der Waals surface area contributed by atoms with E-state index in [4.69, 9.17) is 14.2 Å². The zero-order valence-electron chi connectivity index (χ0n) is 35.5. The molecular weight excluding hydrogens is 673 g/mol. The van der Waals surface area contributed by atoms with Gasteiger partial charge in [-0.05, 0) is 57.8 Å². The van der Waals surface area contributed by atoms with Crippen LogP contribution >= 0.6 is 0 Å². The van der Waals surface area contributed by atoms with E-state index in [0.717, 1.165) is 103 Å². The van der Waals surface area contributed by atoms with Crippen LogP contribution in [0, 0.1) is 0 Å². The summed E-state index contributed by atoms with van der Waals surface area (Å²) in [6.45, 7) is 6.42. The lowest BCUT2D eigenvalue weighted by Crippen LogP contribution is -2.30. The molecular formula is C48H84O6. The van der Waals surface area contributed by atoms with Gasteiger partial charge in [-0.3, -0.25) is 14.4 Å². The van der Waals surface area contributed by atoms with Crippen LogP contribution in [0.15, 0.2) is 48.6 Å². The number of carbonyl (C=O) groups excluding carboxylic acids is 3. The zero-order chi connectivity index (χ0) is 39.4. The molecule has 0 fully saturated rings. The molecule has 312 valence electrons. The molecule has 0 aromatic carbocycles. The lowest BCUT2D eigenvalue weighted by atomic mass is 10.0. The lowest BCUT2D eigenvalue weighted by molar-refractivity contribution is -0.167. The number of hydrogen-bond donors (Lipinski definition) is 0. The molecule has 1 unspecified atom stereocenters. The van der Waals surface area contributed by atoms with Gasteiger partial charge in [-0.25, -0.2) is 0 Å². The maximum Gasteiger partial charge on any atom is 0.306 e. The second-order valence-electron chi connectivity index (χ2n) is 15.0. The monoisotopic (exact) mass is 757 g/mol. The Balaban J connectivity index is 4.40. The smallest absolute Gasteiger partial charge is 0.306 e. The molecule has 0 bridgehead atoms. The molecule has 0 spiro atoms. The van der Waals surface area contributed by atoms with E-state index >= 15 is 0 Å². The summed E-state index contributed by atoms with van der Waals surface area (Å²) < 4.78 is 16.7. The van der Waals surface area contributed by atoms with Crippen molar-refractivity contribution in [3.8, 4) is 0 Å². The van der Waals surface area contributed by atoms with Gasteiger partial charge < -0.3 is 14.2 Å². The Morgan fingerprint density at radius 2 is 0.759 bits per heavy atom. The highest BCUT2D eigenvalue weighted by Gasteiger charge is 2.19. The van der Waals surface area contributed by atoms with Crippen molar-refractivity contribution in [2.24, 2.45) is 0 Å². The first-order valence-electron chi connectivity index (χ1n) is 22.7. The second-order valence-corrected chi connectivity index (χ2v) is 15.0. The van der Waals surface area contributed by atoms with Crippen LogP contribution in [-0.4, -0.2) is 37.2 Å². The quantitative estimate of drug-likeness (QED) is 0.0204. The largest absolute Gasteiger partial charge is 0.462 e. The molecule has 0 N–H and O–H groups in total. The Morgan fingerprint density at radius 3 is 1.22 bits per heavy atom. The van der Waals surface area contributed by atoms with Crippen LogP contribution in [0.2, 0.25) is 0 Å². The van der Waals surface area contributed by atoms with Crippen LogP contribution in [0.3, 0.4) is 0 Å². The summed E-state index contributed by atoms with van der Waals surface area (Å²) in [5, 5.41) is 0. The molecule has 0 saturated carbocycles. The molecule has 0 saturated heterocycles. The molecule has 0 radical (unpaired) electrons. The van der Waals surface area contributed by atoms with E-state index in [1.807, 2.05) is 0 Å². The molecule has 0 aromatic rings. The van der Waals surface area contributed by atoms with Crippen molar-refractivity contribution in [3.63, 3.8) is 0 Å². The standard InChI is InChI=1S/C48H84O6/c1-4-7-10-13-16-19-22-24-26-29-32-35-38-41-47(50)53-44-45(43-52-46(49)40-37-34-31-28-21-18-15-12-9-6-3)54-48(51)42-39-36-33-30-27-25-23-20-17-14-11-8-5-2/h7,10,13,15-16,18-19,22,45H,4-6,8-9,11-12,14,17,20-21,23-44H2,1-3H3/b10-7-,16-13-,18-15-,22-19-. The molecule has 0 amide bonds. The molecule has 1 atom stereocenters. The maximum absolute atomic E-state index is 12.7. The Bertz CT molecular complexity index is 964. The van der Waals surface area contributed by atoms with Crippen molar-refractivity contribution in [1.82, 2.24) is 0 Å². The number of rotatable bonds is 40. The Kier molecular flexibility index (Phi) is 41.0. The highest BCUT2D eigenvalue weighted by atomic mass is 16.6. The van der Waals surface area contributed by atoms with Gasteiger partial charge in [0.15, 0.2) is 6.10 Å². The van der Waals surface area contributed by atoms with Crippen LogP contribution in [0.5, 0.6) is 0 Å². The number of unbranched alkanes of at least 4 members (excludes halogenated alkanes) is 23. The van der Waals surface area contributed by atoms with Gasteiger partial charge in [-0.2, -0.15) is 0 Å². The van der Waals surface area contributed by atoms with Crippen LogP contribution in [0.25, 0.3) is 0 Å². The summed E-state index contributed by atoms with van der Waals surface area (Å²) in [6.07, 6.45) is 49.5. The van der Waals surface area contributed by atoms with Crippen molar-refractivity contribution < 1.29 is 28.6 Å². The Hall–Kier alpha value is -2.63. The van der Waals surface area contributed by atoms with Crippen LogP contribution in [0.1, 0.15) is 220 Å². The van der Waals surface area contributed by atoms with Gasteiger partial charge in [0.05, 0.1) is 0 Å². The third-order valence-corrected chi connectivity index (χ3v) is 9.63. The fourth-order valence-corrected chi connectivity index (χ4v) is 6.19. The first kappa shape index (κ1) is 51.4. The molecule has 0 heterocycles. The fraction of sp³-hybridized carbons (Fsp3) is 0.771. The second kappa shape index (κ2) is 43.1. The lowest BCUT2D eigenvalue weighted by Gasteiger charge is -2.18. The third kappa shape index (κ3) is 40.6. The summed E-state index contributed by atoms with van der Waals surface area (Å²) in [5.41, 5.74) is 0. The SMILES string of the molecule is CC\C=C/C=C\C=C/CCCCCCCC(=O)OCC(COC(=O)CCCCCC/C=C\CCCC)OC(=O)CCCCCCCCCCCCCCC. The summed E-state index contributed by atoms with van der Waals surface area (Å²) in [5.74, 6) is -0.918. The minimum atomic E-state index is -0.780. The van der Waals surface area contributed by atoms with Crippen LogP contribution in [0.4, 0.5) is 0 Å². The number of ether oxygens (including phenoxy) is 3. The van der Waals surface area contributed by atoms with Gasteiger partial charge in [0, 0.05) is 19.3 Å². The predicted molar refractivity (Wildman–Crippen MR) is 229 cm³/mol. The van der Waals surface area contributed by atoms with E-state index in [9.17, 15) is 14.4 Å². The van der Waals surface area contributed by atoms with Gasteiger partial charge >= 0.3 is 17.9 Å². The number of hydrogen-bond acceptors (Lipinski definition) is 6. The molecule has 54 heavy (non-hydrogen) atoms. The summed E-state index contributed by atoms with van der Waals surface area (Å²) in [6, 6.07) is 0. The zero-order valence-corrected chi connectivity index (χ0v) is 35.5. The number of carbonyl (C=O) groups is 3. The van der Waals surface area contributed by atoms with E-state index in [2.05, 4.69) is 69.4 Å². The highest BCUT2D eigenvalue weighted by molar-refractivity contribution is 5.71. The molecule has 0 aliphatic heterocycles. The van der Waals surface area contributed by atoms with Gasteiger partial charge in [0.25, 0.3) is 0 Å². The van der Waals surface area contributed by atoms with Crippen LogP contribution in [-0.2, 0) is 28.6 Å². The minimum absolute atomic E-state index is 0.0846. The van der Waals surface area contributed by atoms with Gasteiger partial charge in [0.2, 0.25) is 0 Å². The first-order valence-corrected chi connectivity index (χ1v) is 22.7. The summed E-state index contributed by atoms with van der Waals surface area (Å²) in [7, 11) is 0. The summed E-state index contributed by atoms with van der Waals surface area (Å²) in [4.78, 5) is 37.7. The maximum atomic E-state index is 12.7. The average Bonchev–Trinajstić information content (AvgIpc) is 3.17. The van der Waals surface area contributed by atoms with Crippen LogP contribution < -0.4 is 0 Å². The van der Waals surface area contributed by atoms with Crippen molar-refractivity contribution in [2.75, 3.05) is 13.2 Å². The van der Waals surface area contributed by atoms with Crippen molar-refractivity contribution in [2.45, 2.75) is 226 Å².